The molecule has 0 saturated carbocycles. The van der Waals surface area contributed by atoms with Crippen molar-refractivity contribution in [3.63, 3.8) is 0 Å². The van der Waals surface area contributed by atoms with Gasteiger partial charge in [0.1, 0.15) is 5.54 Å². The van der Waals surface area contributed by atoms with Gasteiger partial charge in [-0.3, -0.25) is 9.69 Å². The molecule has 1 fully saturated rings. The highest BCUT2D eigenvalue weighted by molar-refractivity contribution is 6.05. The zero-order chi connectivity index (χ0) is 15.7. The highest BCUT2D eigenvalue weighted by Crippen LogP contribution is 2.44. The second kappa shape index (κ2) is 5.51. The predicted molar refractivity (Wildman–Crippen MR) is 81.5 cm³/mol. The van der Waals surface area contributed by atoms with E-state index < -0.39 is 17.0 Å². The van der Waals surface area contributed by atoms with Crippen LogP contribution in [0.3, 0.4) is 0 Å². The number of benzene rings is 1. The summed E-state index contributed by atoms with van der Waals surface area (Å²) in [4.78, 5) is 26.3. The number of likely N-dealkylation sites (tertiary alicyclic amines) is 1. The Morgan fingerprint density at radius 3 is 2.29 bits per heavy atom. The van der Waals surface area contributed by atoms with E-state index in [1.807, 2.05) is 39.0 Å². The first kappa shape index (κ1) is 15.5. The van der Waals surface area contributed by atoms with Crippen molar-refractivity contribution in [1.29, 1.82) is 0 Å². The summed E-state index contributed by atoms with van der Waals surface area (Å²) in [6, 6.07) is 9.03. The molecule has 0 bridgehead atoms. The molecule has 0 aliphatic carbocycles. The van der Waals surface area contributed by atoms with Crippen LogP contribution in [0.15, 0.2) is 30.3 Å². The fraction of sp³-hybridized carbons (Fsp3) is 0.529. The Kier molecular flexibility index (Phi) is 4.08. The predicted octanol–water partition coefficient (Wildman–Crippen LogP) is 3.82. The summed E-state index contributed by atoms with van der Waals surface area (Å²) in [6.07, 6.45) is 1.26. The van der Waals surface area contributed by atoms with Crippen molar-refractivity contribution >= 4 is 11.9 Å². The van der Waals surface area contributed by atoms with E-state index in [1.165, 1.54) is 4.90 Å². The van der Waals surface area contributed by atoms with E-state index in [-0.39, 0.29) is 5.78 Å². The third-order valence-corrected chi connectivity index (χ3v) is 4.51. The molecule has 1 amide bonds. The Morgan fingerprint density at radius 1 is 1.14 bits per heavy atom. The van der Waals surface area contributed by atoms with Gasteiger partial charge < -0.3 is 5.11 Å². The van der Waals surface area contributed by atoms with Crippen molar-refractivity contribution in [3.8, 4) is 0 Å². The highest BCUT2D eigenvalue weighted by Gasteiger charge is 2.55. The average Bonchev–Trinajstić information content (AvgIpc) is 2.46. The molecule has 0 radical (unpaired) electrons. The van der Waals surface area contributed by atoms with Crippen molar-refractivity contribution in [2.45, 2.75) is 45.6 Å². The number of hydrogen-bond donors (Lipinski definition) is 1. The van der Waals surface area contributed by atoms with Crippen molar-refractivity contribution in [2.24, 2.45) is 5.41 Å². The second-order valence-corrected chi connectivity index (χ2v) is 6.70. The summed E-state index contributed by atoms with van der Waals surface area (Å²) in [6.45, 7) is 6.28. The smallest absolute Gasteiger partial charge is 0.408 e. The van der Waals surface area contributed by atoms with Gasteiger partial charge in [-0.15, -0.1) is 0 Å². The summed E-state index contributed by atoms with van der Waals surface area (Å²) in [7, 11) is 0. The lowest BCUT2D eigenvalue weighted by atomic mass is 9.64. The summed E-state index contributed by atoms with van der Waals surface area (Å²) >= 11 is 0. The van der Waals surface area contributed by atoms with Crippen LogP contribution in [0.5, 0.6) is 0 Å². The molecule has 1 saturated heterocycles. The van der Waals surface area contributed by atoms with Gasteiger partial charge >= 0.3 is 6.09 Å². The molecule has 0 spiro atoms. The monoisotopic (exact) mass is 289 g/mol. The van der Waals surface area contributed by atoms with Gasteiger partial charge in [0.15, 0.2) is 5.78 Å². The van der Waals surface area contributed by atoms with Crippen molar-refractivity contribution in [1.82, 2.24) is 4.90 Å². The van der Waals surface area contributed by atoms with Crippen LogP contribution in [0, 0.1) is 5.41 Å². The molecule has 4 heteroatoms. The molecule has 1 aromatic rings. The van der Waals surface area contributed by atoms with Gasteiger partial charge in [-0.05, 0) is 24.7 Å². The number of amides is 1. The topological polar surface area (TPSA) is 57.6 Å². The molecule has 1 aromatic carbocycles. The minimum absolute atomic E-state index is 0.0855. The fourth-order valence-electron chi connectivity index (χ4n) is 3.42. The second-order valence-electron chi connectivity index (χ2n) is 6.70. The summed E-state index contributed by atoms with van der Waals surface area (Å²) in [5, 5.41) is 9.61. The normalized spacial score (nSPS) is 22.9. The standard InChI is InChI=1S/C17H23NO3/c1-16(2,3)17(11-7-8-12-18(17)15(20)21)14(19)13-9-5-4-6-10-13/h4-6,9-10H,7-8,11-12H2,1-3H3,(H,20,21)/t17-/m1/s1. The van der Waals surface area contributed by atoms with E-state index in [1.54, 1.807) is 12.1 Å². The van der Waals surface area contributed by atoms with Crippen LogP contribution in [-0.2, 0) is 0 Å². The average molecular weight is 289 g/mol. The molecule has 1 aliphatic heterocycles. The van der Waals surface area contributed by atoms with Gasteiger partial charge in [-0.25, -0.2) is 4.79 Å². The summed E-state index contributed by atoms with van der Waals surface area (Å²) in [5.41, 5.74) is -0.863. The first-order valence-corrected chi connectivity index (χ1v) is 7.41. The number of piperidine rings is 1. The third kappa shape index (κ3) is 2.55. The maximum atomic E-state index is 13.2. The largest absolute Gasteiger partial charge is 0.465 e. The number of hydrogen-bond acceptors (Lipinski definition) is 2. The number of carbonyl (C=O) groups is 2. The Bertz CT molecular complexity index is 533. The zero-order valence-electron chi connectivity index (χ0n) is 12.9. The molecule has 1 N–H and O–H groups in total. The Hall–Kier alpha value is -1.84. The minimum atomic E-state index is -1.01. The van der Waals surface area contributed by atoms with E-state index in [2.05, 4.69) is 0 Å². The Balaban J connectivity index is 2.56. The van der Waals surface area contributed by atoms with Gasteiger partial charge in [-0.2, -0.15) is 0 Å². The Labute approximate surface area is 125 Å². The maximum absolute atomic E-state index is 13.2. The number of rotatable bonds is 2. The van der Waals surface area contributed by atoms with Crippen LogP contribution in [0.2, 0.25) is 0 Å². The summed E-state index contributed by atoms with van der Waals surface area (Å²) in [5.74, 6) is -0.0855. The van der Waals surface area contributed by atoms with Crippen LogP contribution >= 0.6 is 0 Å². The molecular formula is C17H23NO3. The van der Waals surface area contributed by atoms with E-state index >= 15 is 0 Å². The molecule has 4 nitrogen and oxygen atoms in total. The fourth-order valence-corrected chi connectivity index (χ4v) is 3.42. The number of nitrogens with zero attached hydrogens (tertiary/aromatic N) is 1. The van der Waals surface area contributed by atoms with Gasteiger partial charge in [0.2, 0.25) is 0 Å². The molecule has 114 valence electrons. The highest BCUT2D eigenvalue weighted by atomic mass is 16.4. The molecular weight excluding hydrogens is 266 g/mol. The molecule has 0 unspecified atom stereocenters. The van der Waals surface area contributed by atoms with Crippen molar-refractivity contribution in [3.05, 3.63) is 35.9 Å². The van der Waals surface area contributed by atoms with E-state index in [4.69, 9.17) is 0 Å². The third-order valence-electron chi connectivity index (χ3n) is 4.51. The molecule has 2 rings (SSSR count). The molecule has 1 heterocycles. The van der Waals surface area contributed by atoms with Crippen molar-refractivity contribution < 1.29 is 14.7 Å². The van der Waals surface area contributed by atoms with Crippen molar-refractivity contribution in [2.75, 3.05) is 6.54 Å². The minimum Gasteiger partial charge on any atom is -0.465 e. The van der Waals surface area contributed by atoms with Gasteiger partial charge in [0.25, 0.3) is 0 Å². The first-order valence-electron chi connectivity index (χ1n) is 7.41. The Morgan fingerprint density at radius 2 is 1.76 bits per heavy atom. The number of Topliss-reactive ketones (excluding diaryl/α,β-unsaturated/α-hetero) is 1. The number of carboxylic acid groups (broad SMARTS) is 1. The number of carbonyl (C=O) groups excluding carboxylic acids is 1. The molecule has 1 aliphatic rings. The molecule has 1 atom stereocenters. The van der Waals surface area contributed by atoms with Gasteiger partial charge in [0, 0.05) is 12.1 Å². The lowest BCUT2D eigenvalue weighted by Crippen LogP contribution is -2.65. The molecule has 21 heavy (non-hydrogen) atoms. The maximum Gasteiger partial charge on any atom is 0.408 e. The summed E-state index contributed by atoms with van der Waals surface area (Å²) < 4.78 is 0. The van der Waals surface area contributed by atoms with Crippen LogP contribution in [0.4, 0.5) is 4.79 Å². The van der Waals surface area contributed by atoms with E-state index in [0.717, 1.165) is 12.8 Å². The SMILES string of the molecule is CC(C)(C)[C@]1(C(=O)c2ccccc2)CCCCN1C(=O)O. The van der Waals surface area contributed by atoms with Crippen LogP contribution < -0.4 is 0 Å². The van der Waals surface area contributed by atoms with Gasteiger partial charge in [0.05, 0.1) is 0 Å². The van der Waals surface area contributed by atoms with Crippen LogP contribution in [-0.4, -0.2) is 34.0 Å². The lowest BCUT2D eigenvalue weighted by Gasteiger charge is -2.52. The molecule has 0 aromatic heterocycles. The lowest BCUT2D eigenvalue weighted by molar-refractivity contribution is -0.0108. The van der Waals surface area contributed by atoms with Crippen LogP contribution in [0.25, 0.3) is 0 Å². The van der Waals surface area contributed by atoms with E-state index in [0.29, 0.717) is 18.5 Å². The number of ketones is 1. The quantitative estimate of drug-likeness (QED) is 0.842. The van der Waals surface area contributed by atoms with Crippen LogP contribution in [0.1, 0.15) is 50.4 Å². The van der Waals surface area contributed by atoms with E-state index in [9.17, 15) is 14.7 Å². The zero-order valence-corrected chi connectivity index (χ0v) is 12.9. The van der Waals surface area contributed by atoms with Gasteiger partial charge in [-0.1, -0.05) is 51.1 Å². The first-order chi connectivity index (χ1) is 9.80.